The van der Waals surface area contributed by atoms with E-state index in [4.69, 9.17) is 18.9 Å². The van der Waals surface area contributed by atoms with Gasteiger partial charge in [0.1, 0.15) is 48.8 Å². The van der Waals surface area contributed by atoms with Crippen LogP contribution in [0, 0.1) is 0 Å². The van der Waals surface area contributed by atoms with E-state index in [1.165, 1.54) is 141 Å². The lowest BCUT2D eigenvalue weighted by Gasteiger charge is -2.46. The Hall–Kier alpha value is -1.53. The second kappa shape index (κ2) is 41.9. The van der Waals surface area contributed by atoms with E-state index in [0.29, 0.717) is 6.42 Å². The zero-order valence-electron chi connectivity index (χ0n) is 43.3. The van der Waals surface area contributed by atoms with E-state index in [1.54, 1.807) is 6.08 Å². The molecule has 0 aromatic carbocycles. The summed E-state index contributed by atoms with van der Waals surface area (Å²) in [6.07, 6.45) is 30.8. The third-order valence-corrected chi connectivity index (χ3v) is 13.9. The summed E-state index contributed by atoms with van der Waals surface area (Å²) in [5, 5.41) is 86.9. The molecule has 2 heterocycles. The van der Waals surface area contributed by atoms with Gasteiger partial charge >= 0.3 is 0 Å². The maximum atomic E-state index is 13.2. The zero-order chi connectivity index (χ0) is 50.3. The number of aliphatic hydroxyl groups excluding tert-OH is 8. The van der Waals surface area contributed by atoms with Gasteiger partial charge in [-0.15, -0.1) is 0 Å². The summed E-state index contributed by atoms with van der Waals surface area (Å²) in [4.78, 5) is 13.2. The molecular formula is C55H103NO13. The second-order valence-electron chi connectivity index (χ2n) is 20.1. The summed E-state index contributed by atoms with van der Waals surface area (Å²) in [5.74, 6) is -0.248. The van der Waals surface area contributed by atoms with Crippen molar-refractivity contribution in [3.05, 3.63) is 24.3 Å². The Morgan fingerprint density at radius 1 is 0.507 bits per heavy atom. The van der Waals surface area contributed by atoms with Gasteiger partial charge in [0.05, 0.1) is 32.0 Å². The van der Waals surface area contributed by atoms with Crippen molar-refractivity contribution < 1.29 is 64.6 Å². The number of amides is 1. The van der Waals surface area contributed by atoms with Crippen LogP contribution in [-0.4, -0.2) is 140 Å². The highest BCUT2D eigenvalue weighted by Crippen LogP contribution is 2.30. The highest BCUT2D eigenvalue weighted by Gasteiger charge is 2.51. The van der Waals surface area contributed by atoms with Crippen LogP contribution in [0.2, 0.25) is 0 Å². The van der Waals surface area contributed by atoms with Crippen LogP contribution in [0.5, 0.6) is 0 Å². The van der Waals surface area contributed by atoms with Gasteiger partial charge in [0.15, 0.2) is 12.6 Å². The lowest BCUT2D eigenvalue weighted by Crippen LogP contribution is -2.65. The summed E-state index contributed by atoms with van der Waals surface area (Å²) in [6, 6.07) is -0.916. The molecule has 1 amide bonds. The molecule has 14 nitrogen and oxygen atoms in total. The number of ether oxygens (including phenoxy) is 4. The van der Waals surface area contributed by atoms with Crippen LogP contribution in [-0.2, 0) is 23.7 Å². The Morgan fingerprint density at radius 3 is 1.39 bits per heavy atom. The quantitative estimate of drug-likeness (QED) is 0.0206. The maximum absolute atomic E-state index is 13.2. The van der Waals surface area contributed by atoms with Gasteiger partial charge in [0, 0.05) is 6.42 Å². The molecule has 2 aliphatic heterocycles. The molecule has 12 atom stereocenters. The molecule has 0 aromatic rings. The Bertz CT molecular complexity index is 1260. The smallest absolute Gasteiger partial charge is 0.220 e. The molecule has 406 valence electrons. The summed E-state index contributed by atoms with van der Waals surface area (Å²) in [7, 11) is 0. The van der Waals surface area contributed by atoms with Gasteiger partial charge in [-0.3, -0.25) is 4.79 Å². The minimum absolute atomic E-state index is 0.248. The first-order valence-corrected chi connectivity index (χ1v) is 28.1. The van der Waals surface area contributed by atoms with E-state index in [-0.39, 0.29) is 18.9 Å². The van der Waals surface area contributed by atoms with E-state index < -0.39 is 86.8 Å². The molecule has 0 bridgehead atoms. The summed E-state index contributed by atoms with van der Waals surface area (Å²) < 4.78 is 22.7. The standard InChI is InChI=1S/C55H103NO13/c1-3-5-7-9-11-13-15-17-18-19-20-21-22-23-24-25-27-28-30-32-34-36-38-44(59)43(56-47(60)39-37-35-33-31-29-26-16-14-12-10-8-6-4-2)42-66-54-52(65)50(63)53(46(41-58)68-54)69-55-51(64)49(62)48(61)45(40-57)67-55/h14,16,36,38,43-46,48-55,57-59,61-65H,3-13,15,17-35,37,39-42H2,1-2H3,(H,56,60)/b16-14-,38-36+. The van der Waals surface area contributed by atoms with Crippen LogP contribution in [0.3, 0.4) is 0 Å². The lowest BCUT2D eigenvalue weighted by molar-refractivity contribution is -0.359. The molecule has 0 radical (unpaired) electrons. The van der Waals surface area contributed by atoms with Crippen molar-refractivity contribution in [1.29, 1.82) is 0 Å². The number of aliphatic hydroxyl groups is 8. The van der Waals surface area contributed by atoms with Crippen LogP contribution in [0.25, 0.3) is 0 Å². The molecule has 9 N–H and O–H groups in total. The van der Waals surface area contributed by atoms with Crippen molar-refractivity contribution in [3.8, 4) is 0 Å². The Labute approximate surface area is 418 Å². The molecule has 69 heavy (non-hydrogen) atoms. The first kappa shape index (κ1) is 63.6. The first-order valence-electron chi connectivity index (χ1n) is 28.1. The number of carbonyl (C=O) groups excluding carboxylic acids is 1. The normalized spacial score (nSPS) is 26.3. The summed E-state index contributed by atoms with van der Waals surface area (Å²) >= 11 is 0. The molecule has 0 aromatic heterocycles. The molecule has 0 aliphatic carbocycles. The predicted octanol–water partition coefficient (Wildman–Crippen LogP) is 8.50. The summed E-state index contributed by atoms with van der Waals surface area (Å²) in [6.45, 7) is 2.78. The Morgan fingerprint density at radius 2 is 0.913 bits per heavy atom. The molecule has 0 spiro atoms. The molecule has 2 saturated heterocycles. The van der Waals surface area contributed by atoms with E-state index in [0.717, 1.165) is 57.8 Å². The van der Waals surface area contributed by atoms with E-state index >= 15 is 0 Å². The van der Waals surface area contributed by atoms with Gasteiger partial charge in [-0.05, 0) is 44.9 Å². The topological polar surface area (TPSA) is 228 Å². The molecule has 12 unspecified atom stereocenters. The highest BCUT2D eigenvalue weighted by molar-refractivity contribution is 5.76. The number of unbranched alkanes of at least 4 members (excludes halogenated alkanes) is 29. The monoisotopic (exact) mass is 986 g/mol. The minimum Gasteiger partial charge on any atom is -0.394 e. The highest BCUT2D eigenvalue weighted by atomic mass is 16.7. The average molecular weight is 986 g/mol. The molecule has 2 fully saturated rings. The molecular weight excluding hydrogens is 883 g/mol. The average Bonchev–Trinajstić information content (AvgIpc) is 3.35. The number of allylic oxidation sites excluding steroid dienone is 3. The van der Waals surface area contributed by atoms with Crippen molar-refractivity contribution >= 4 is 5.91 Å². The Balaban J connectivity index is 1.79. The van der Waals surface area contributed by atoms with E-state index in [1.807, 2.05) is 6.08 Å². The maximum Gasteiger partial charge on any atom is 0.220 e. The third kappa shape index (κ3) is 28.5. The van der Waals surface area contributed by atoms with Crippen molar-refractivity contribution in [2.45, 2.75) is 299 Å². The fourth-order valence-corrected chi connectivity index (χ4v) is 9.29. The molecule has 2 rings (SSSR count). The fraction of sp³-hybridized carbons (Fsp3) is 0.909. The molecule has 2 aliphatic rings. The number of carbonyl (C=O) groups is 1. The third-order valence-electron chi connectivity index (χ3n) is 13.9. The fourth-order valence-electron chi connectivity index (χ4n) is 9.29. The number of rotatable bonds is 44. The SMILES string of the molecule is CCCCCC/C=C\CCCCCCCC(=O)NC(COC1OC(CO)C(OC2OC(CO)C(O)C(O)C2O)C(O)C1O)C(O)/C=C/CCCCCCCCCCCCCCCCCCCCCC. The van der Waals surface area contributed by atoms with Crippen LogP contribution >= 0.6 is 0 Å². The van der Waals surface area contributed by atoms with Gasteiger partial charge in [-0.1, -0.05) is 199 Å². The molecule has 0 saturated carbocycles. The Kier molecular flexibility index (Phi) is 38.6. The predicted molar refractivity (Wildman–Crippen MR) is 272 cm³/mol. The van der Waals surface area contributed by atoms with Gasteiger partial charge < -0.3 is 65.1 Å². The van der Waals surface area contributed by atoms with Gasteiger partial charge in [0.25, 0.3) is 0 Å². The van der Waals surface area contributed by atoms with Crippen LogP contribution < -0.4 is 5.32 Å². The lowest BCUT2D eigenvalue weighted by atomic mass is 9.97. The van der Waals surface area contributed by atoms with Gasteiger partial charge in [-0.2, -0.15) is 0 Å². The second-order valence-corrected chi connectivity index (χ2v) is 20.1. The van der Waals surface area contributed by atoms with Gasteiger partial charge in [-0.25, -0.2) is 0 Å². The number of nitrogens with one attached hydrogen (secondary N) is 1. The van der Waals surface area contributed by atoms with Crippen LogP contribution in [0.4, 0.5) is 0 Å². The number of hydrogen-bond donors (Lipinski definition) is 9. The van der Waals surface area contributed by atoms with E-state index in [2.05, 4.69) is 31.3 Å². The zero-order valence-corrected chi connectivity index (χ0v) is 43.3. The van der Waals surface area contributed by atoms with Crippen LogP contribution in [0.15, 0.2) is 24.3 Å². The number of hydrogen-bond acceptors (Lipinski definition) is 13. The molecule has 14 heteroatoms. The van der Waals surface area contributed by atoms with Crippen molar-refractivity contribution in [2.24, 2.45) is 0 Å². The van der Waals surface area contributed by atoms with Gasteiger partial charge in [0.2, 0.25) is 5.91 Å². The van der Waals surface area contributed by atoms with Crippen molar-refractivity contribution in [3.63, 3.8) is 0 Å². The summed E-state index contributed by atoms with van der Waals surface area (Å²) in [5.41, 5.74) is 0. The first-order chi connectivity index (χ1) is 33.6. The largest absolute Gasteiger partial charge is 0.394 e. The van der Waals surface area contributed by atoms with Crippen molar-refractivity contribution in [2.75, 3.05) is 19.8 Å². The minimum atomic E-state index is -1.79. The van der Waals surface area contributed by atoms with E-state index in [9.17, 15) is 45.6 Å². The van der Waals surface area contributed by atoms with Crippen molar-refractivity contribution in [1.82, 2.24) is 5.32 Å². The van der Waals surface area contributed by atoms with Crippen LogP contribution in [0.1, 0.15) is 226 Å².